The number of benzene rings is 2. The maximum Gasteiger partial charge on any atom is 0.326 e. The van der Waals surface area contributed by atoms with Gasteiger partial charge in [0, 0.05) is 79.2 Å². The molecular formula is C51H59N13O9. The fourth-order valence-electron chi connectivity index (χ4n) is 8.95. The fourth-order valence-corrected chi connectivity index (χ4v) is 8.95. The Kier molecular flexibility index (Phi) is 17.2. The highest BCUT2D eigenvalue weighted by molar-refractivity contribution is 6.12. The van der Waals surface area contributed by atoms with Crippen molar-refractivity contribution in [1.82, 2.24) is 56.1 Å². The molecule has 382 valence electrons. The van der Waals surface area contributed by atoms with Crippen LogP contribution >= 0.6 is 0 Å². The number of ketones is 3. The molecule has 3 aromatic heterocycles. The molecule has 22 heteroatoms. The second-order valence-corrected chi connectivity index (χ2v) is 18.8. The van der Waals surface area contributed by atoms with Crippen molar-refractivity contribution in [3.63, 3.8) is 0 Å². The minimum Gasteiger partial charge on any atom is -0.480 e. The number of nitrogens with zero attached hydrogens (tertiary/aromatic N) is 9. The number of unbranched alkanes of at least 4 members (excludes halogenated alkanes) is 3. The van der Waals surface area contributed by atoms with Crippen molar-refractivity contribution in [3.8, 4) is 11.4 Å². The molecule has 4 amide bonds. The SMILES string of the molecule is Cc1nc(N)c2nc(CN3CCc4cc(C(=O)N[C@@H](CCCCC(=O)c5ccc(CC(=O)[C@H](C)NC(=O)[C@@H](CC(=O)CCCCCN6C(=O)C=CC6=O)C(C)C)cc5-c5nn[nH]n5)C(=O)O)ccc43)cnc2n1. The minimum atomic E-state index is -1.20. The number of H-pyrrole nitrogens is 1. The number of carbonyl (C=O) groups is 8. The average molecular weight is 998 g/mol. The Bertz CT molecular complexity index is 2940. The summed E-state index contributed by atoms with van der Waals surface area (Å²) in [5.41, 5.74) is 10.9. The number of amides is 4. The van der Waals surface area contributed by atoms with Crippen LogP contribution in [0.4, 0.5) is 11.5 Å². The number of rotatable bonds is 26. The molecule has 2 aliphatic heterocycles. The summed E-state index contributed by atoms with van der Waals surface area (Å²) in [4.78, 5) is 123. The van der Waals surface area contributed by atoms with Gasteiger partial charge in [-0.15, -0.1) is 10.2 Å². The number of nitrogens with two attached hydrogens (primary N) is 1. The van der Waals surface area contributed by atoms with E-state index in [9.17, 15) is 43.5 Å². The molecule has 2 aliphatic rings. The first-order valence-electron chi connectivity index (χ1n) is 24.4. The average Bonchev–Trinajstić information content (AvgIpc) is 4.12. The van der Waals surface area contributed by atoms with E-state index in [4.69, 9.17) is 5.73 Å². The van der Waals surface area contributed by atoms with Crippen molar-refractivity contribution < 1.29 is 43.5 Å². The molecule has 73 heavy (non-hydrogen) atoms. The third-order valence-corrected chi connectivity index (χ3v) is 13.0. The lowest BCUT2D eigenvalue weighted by Gasteiger charge is -2.22. The van der Waals surface area contributed by atoms with Gasteiger partial charge in [-0.25, -0.2) is 24.7 Å². The fraction of sp³-hybridized carbons (Fsp3) is 0.431. The van der Waals surface area contributed by atoms with Crippen LogP contribution in [0, 0.1) is 18.8 Å². The second kappa shape index (κ2) is 23.8. The van der Waals surface area contributed by atoms with E-state index in [1.165, 1.54) is 12.2 Å². The van der Waals surface area contributed by atoms with Crippen LogP contribution in [0.25, 0.3) is 22.6 Å². The number of fused-ring (bicyclic) bond motifs is 2. The van der Waals surface area contributed by atoms with Gasteiger partial charge in [-0.3, -0.25) is 38.5 Å². The number of anilines is 2. The Morgan fingerprint density at radius 1 is 0.890 bits per heavy atom. The molecule has 0 fully saturated rings. The smallest absolute Gasteiger partial charge is 0.326 e. The minimum absolute atomic E-state index is 0.00795. The Morgan fingerprint density at radius 2 is 1.66 bits per heavy atom. The summed E-state index contributed by atoms with van der Waals surface area (Å²) >= 11 is 0. The van der Waals surface area contributed by atoms with Gasteiger partial charge in [-0.05, 0) is 92.5 Å². The molecule has 3 atom stereocenters. The van der Waals surface area contributed by atoms with Gasteiger partial charge in [-0.1, -0.05) is 38.8 Å². The predicted molar refractivity (Wildman–Crippen MR) is 265 cm³/mol. The van der Waals surface area contributed by atoms with Gasteiger partial charge in [0.15, 0.2) is 28.5 Å². The van der Waals surface area contributed by atoms with Crippen molar-refractivity contribution in [2.75, 3.05) is 23.7 Å². The van der Waals surface area contributed by atoms with E-state index in [-0.39, 0.29) is 90.9 Å². The van der Waals surface area contributed by atoms with Gasteiger partial charge < -0.3 is 26.4 Å². The highest BCUT2D eigenvalue weighted by Crippen LogP contribution is 2.31. The number of nitrogens with one attached hydrogen (secondary N) is 3. The van der Waals surface area contributed by atoms with Crippen LogP contribution in [0.1, 0.15) is 122 Å². The third-order valence-electron chi connectivity index (χ3n) is 13.0. The number of aromatic nitrogens is 8. The van der Waals surface area contributed by atoms with Crippen molar-refractivity contribution in [2.24, 2.45) is 11.8 Å². The van der Waals surface area contributed by atoms with E-state index in [2.05, 4.69) is 56.1 Å². The van der Waals surface area contributed by atoms with Crippen LogP contribution in [-0.4, -0.2) is 123 Å². The van der Waals surface area contributed by atoms with E-state index in [1.807, 2.05) is 19.9 Å². The van der Waals surface area contributed by atoms with E-state index in [1.54, 1.807) is 50.4 Å². The highest BCUT2D eigenvalue weighted by Gasteiger charge is 2.29. The lowest BCUT2D eigenvalue weighted by Crippen LogP contribution is -2.44. The number of aryl methyl sites for hydroxylation is 1. The van der Waals surface area contributed by atoms with E-state index in [0.29, 0.717) is 91.0 Å². The van der Waals surface area contributed by atoms with Crippen LogP contribution in [0.15, 0.2) is 54.7 Å². The number of hydrogen-bond acceptors (Lipinski definition) is 17. The van der Waals surface area contributed by atoms with Crippen LogP contribution in [0.2, 0.25) is 0 Å². The lowest BCUT2D eigenvalue weighted by atomic mass is 9.88. The van der Waals surface area contributed by atoms with Crippen molar-refractivity contribution in [2.45, 2.75) is 117 Å². The molecule has 0 radical (unpaired) electrons. The quantitative estimate of drug-likeness (QED) is 0.0297. The van der Waals surface area contributed by atoms with Gasteiger partial charge in [0.2, 0.25) is 11.7 Å². The summed E-state index contributed by atoms with van der Waals surface area (Å²) in [6.45, 7) is 8.37. The monoisotopic (exact) mass is 997 g/mol. The lowest BCUT2D eigenvalue weighted by molar-refractivity contribution is -0.139. The number of tetrazole rings is 1. The molecule has 0 saturated carbocycles. The van der Waals surface area contributed by atoms with Gasteiger partial charge >= 0.3 is 5.97 Å². The largest absolute Gasteiger partial charge is 0.480 e. The maximum absolute atomic E-state index is 13.7. The van der Waals surface area contributed by atoms with Crippen LogP contribution in [0.3, 0.4) is 0 Å². The standard InChI is InChI=1S/C51H59N13O9/c1-28(2)37(25-35(65)10-6-5-9-20-64-43(68)17-18-44(64)69)50(71)54-29(3)42(67)23-31-13-15-36(38(22-31)47-59-61-62-60-47)41(66)12-8-7-11-39(51(72)73)58-49(70)33-14-16-40-32(24-33)19-21-63(40)27-34-26-53-48-45(57-34)46(52)55-30(4)56-48/h13-18,22,24,26,28-29,37,39H,5-12,19-21,23,25,27H2,1-4H3,(H,54,71)(H,58,70)(H,72,73)(H2,52,53,55,56)(H,59,60,61,62)/t29-,37-,39-/m0/s1. The number of Topliss-reactive ketones (excluding diaryl/α,β-unsaturated/α-hetero) is 3. The topological polar surface area (TPSA) is 319 Å². The van der Waals surface area contributed by atoms with Crippen LogP contribution in [0.5, 0.6) is 0 Å². The van der Waals surface area contributed by atoms with E-state index >= 15 is 0 Å². The summed E-state index contributed by atoms with van der Waals surface area (Å²) < 4.78 is 0. The number of carboxylic acid groups (broad SMARTS) is 1. The summed E-state index contributed by atoms with van der Waals surface area (Å²) in [6, 6.07) is 7.98. The zero-order valence-corrected chi connectivity index (χ0v) is 41.2. The van der Waals surface area contributed by atoms with Crippen molar-refractivity contribution in [3.05, 3.63) is 88.5 Å². The number of carboxylic acids is 1. The molecule has 0 saturated heterocycles. The van der Waals surface area contributed by atoms with Gasteiger partial charge in [0.05, 0.1) is 24.5 Å². The summed E-state index contributed by atoms with van der Waals surface area (Å²) in [5, 5.41) is 29.6. The molecule has 5 heterocycles. The predicted octanol–water partition coefficient (Wildman–Crippen LogP) is 4.01. The molecular weight excluding hydrogens is 939 g/mol. The second-order valence-electron chi connectivity index (χ2n) is 18.8. The molecule has 0 spiro atoms. The number of carbonyl (C=O) groups excluding carboxylic acids is 7. The van der Waals surface area contributed by atoms with Crippen LogP contribution < -0.4 is 21.3 Å². The van der Waals surface area contributed by atoms with Crippen LogP contribution in [-0.2, 0) is 48.2 Å². The number of nitrogen functional groups attached to an aromatic ring is 1. The Morgan fingerprint density at radius 3 is 2.38 bits per heavy atom. The number of imide groups is 1. The van der Waals surface area contributed by atoms with Gasteiger partial charge in [0.25, 0.3) is 17.7 Å². The summed E-state index contributed by atoms with van der Waals surface area (Å²) in [5.74, 6) is -3.47. The Labute approximate surface area is 420 Å². The zero-order chi connectivity index (χ0) is 52.3. The first-order valence-corrected chi connectivity index (χ1v) is 24.4. The normalized spacial score (nSPS) is 14.4. The molecule has 0 unspecified atom stereocenters. The molecule has 6 N–H and O–H groups in total. The Balaban J connectivity index is 0.874. The van der Waals surface area contributed by atoms with Gasteiger partial charge in [-0.2, -0.15) is 5.21 Å². The molecule has 5 aromatic rings. The molecule has 0 bridgehead atoms. The maximum atomic E-state index is 13.7. The number of aromatic amines is 1. The van der Waals surface area contributed by atoms with Gasteiger partial charge in [0.1, 0.15) is 17.6 Å². The van der Waals surface area contributed by atoms with Crippen molar-refractivity contribution in [1.29, 1.82) is 0 Å². The highest BCUT2D eigenvalue weighted by atomic mass is 16.4. The van der Waals surface area contributed by atoms with Crippen molar-refractivity contribution >= 4 is 69.6 Å². The molecule has 0 aliphatic carbocycles. The summed E-state index contributed by atoms with van der Waals surface area (Å²) in [7, 11) is 0. The third kappa shape index (κ3) is 13.4. The van der Waals surface area contributed by atoms with E-state index in [0.717, 1.165) is 16.2 Å². The summed E-state index contributed by atoms with van der Waals surface area (Å²) in [6.07, 6.45) is 7.42. The number of aliphatic carboxylic acids is 1. The first-order chi connectivity index (χ1) is 34.9. The Hall–Kier alpha value is -8.17. The molecule has 2 aromatic carbocycles. The number of hydrogen-bond donors (Lipinski definition) is 5. The molecule has 22 nitrogen and oxygen atoms in total. The zero-order valence-electron chi connectivity index (χ0n) is 41.2. The first kappa shape index (κ1) is 52.6. The van der Waals surface area contributed by atoms with E-state index < -0.39 is 35.8 Å². The molecule has 7 rings (SSSR count).